The van der Waals surface area contributed by atoms with E-state index >= 15 is 0 Å². The maximum absolute atomic E-state index is 8.50. The van der Waals surface area contributed by atoms with E-state index in [2.05, 4.69) is 0 Å². The van der Waals surface area contributed by atoms with Gasteiger partial charge in [-0.15, -0.1) is 0 Å². The molecule has 0 saturated carbocycles. The third-order valence-corrected chi connectivity index (χ3v) is 0.761. The molecule has 6 heavy (non-hydrogen) atoms. The Kier molecular flexibility index (Phi) is 2.13. The van der Waals surface area contributed by atoms with Gasteiger partial charge in [-0.05, 0) is 13.8 Å². The van der Waals surface area contributed by atoms with Crippen molar-refractivity contribution in [3.63, 3.8) is 0 Å². The van der Waals surface area contributed by atoms with Crippen molar-refractivity contribution in [3.05, 3.63) is 0 Å². The van der Waals surface area contributed by atoms with Crippen LogP contribution in [-0.2, 0) is 0 Å². The predicted molar refractivity (Wildman–Crippen MR) is 25.3 cm³/mol. The molecule has 0 radical (unpaired) electrons. The highest BCUT2D eigenvalue weighted by atomic mass is 16.3. The Bertz CT molecular complexity index is 28.5. The van der Waals surface area contributed by atoms with Gasteiger partial charge in [-0.25, -0.2) is 0 Å². The van der Waals surface area contributed by atoms with Crippen LogP contribution in [0.5, 0.6) is 0 Å². The Hall–Kier alpha value is -0.0800. The average Bonchev–Trinajstić information content (AvgIpc) is 1.36. The van der Waals surface area contributed by atoms with Gasteiger partial charge in [-0.2, -0.15) is 0 Å². The summed E-state index contributed by atoms with van der Waals surface area (Å²) in [6, 6.07) is -0.0926. The molecule has 2 nitrogen and oxygen atoms in total. The first-order valence-corrected chi connectivity index (χ1v) is 2.08. The van der Waals surface area contributed by atoms with E-state index in [-0.39, 0.29) is 12.1 Å². The highest BCUT2D eigenvalue weighted by Gasteiger charge is 1.97. The molecule has 0 aromatic rings. The minimum atomic E-state index is -0.370. The Morgan fingerprint density at radius 1 is 1.50 bits per heavy atom. The monoisotopic (exact) mass is 89.1 g/mol. The molecule has 0 bridgehead atoms. The Balaban J connectivity index is 2.99. The van der Waals surface area contributed by atoms with Crippen LogP contribution < -0.4 is 5.73 Å². The van der Waals surface area contributed by atoms with Crippen LogP contribution in [-0.4, -0.2) is 17.3 Å². The molecular weight excluding hydrogens is 78.0 g/mol. The summed E-state index contributed by atoms with van der Waals surface area (Å²) in [7, 11) is 0. The largest absolute Gasteiger partial charge is 0.392 e. The number of nitrogens with two attached hydrogens (primary N) is 1. The van der Waals surface area contributed by atoms with E-state index in [4.69, 9.17) is 10.8 Å². The van der Waals surface area contributed by atoms with E-state index in [1.807, 2.05) is 0 Å². The number of aliphatic hydroxyl groups is 1. The van der Waals surface area contributed by atoms with Gasteiger partial charge in [0.1, 0.15) is 0 Å². The first-order chi connectivity index (χ1) is 2.64. The highest BCUT2D eigenvalue weighted by molar-refractivity contribution is 4.57. The molecule has 0 heterocycles. The summed E-state index contributed by atoms with van der Waals surface area (Å²) in [6.45, 7) is 3.44. The van der Waals surface area contributed by atoms with Gasteiger partial charge in [0, 0.05) is 6.04 Å². The van der Waals surface area contributed by atoms with Gasteiger partial charge < -0.3 is 10.8 Å². The van der Waals surface area contributed by atoms with Crippen molar-refractivity contribution >= 4 is 0 Å². The molecule has 0 aliphatic heterocycles. The lowest BCUT2D eigenvalue weighted by molar-refractivity contribution is 0.170. The molecule has 0 aromatic carbocycles. The lowest BCUT2D eigenvalue weighted by Crippen LogP contribution is -2.28. The standard InChI is InChI=1S/C4H11NO/c1-3(5)4(2)6/h3-4,6H,5H2,1-2H3/t3?,4-/m0/s1. The van der Waals surface area contributed by atoms with Crippen LogP contribution in [0.15, 0.2) is 0 Å². The molecule has 0 spiro atoms. The normalized spacial score (nSPS) is 20.0. The van der Waals surface area contributed by atoms with E-state index in [1.165, 1.54) is 0 Å². The SMILES string of the molecule is CC(N)[C@H](C)O. The summed E-state index contributed by atoms with van der Waals surface area (Å²) in [6.07, 6.45) is -0.370. The Morgan fingerprint density at radius 2 is 1.67 bits per heavy atom. The molecule has 0 aliphatic carbocycles. The zero-order valence-electron chi connectivity index (χ0n) is 4.18. The molecular formula is C4H11NO. The van der Waals surface area contributed by atoms with Crippen molar-refractivity contribution in [1.82, 2.24) is 0 Å². The van der Waals surface area contributed by atoms with E-state index < -0.39 is 0 Å². The second-order valence-corrected chi connectivity index (χ2v) is 1.60. The van der Waals surface area contributed by atoms with Gasteiger partial charge in [0.15, 0.2) is 0 Å². The van der Waals surface area contributed by atoms with Crippen LogP contribution in [0, 0.1) is 0 Å². The number of aliphatic hydroxyl groups excluding tert-OH is 1. The first kappa shape index (κ1) is 5.92. The fourth-order valence-corrected chi connectivity index (χ4v) is 0. The van der Waals surface area contributed by atoms with Gasteiger partial charge in [0.25, 0.3) is 0 Å². The van der Waals surface area contributed by atoms with Gasteiger partial charge in [0.2, 0.25) is 0 Å². The van der Waals surface area contributed by atoms with Crippen LogP contribution in [0.1, 0.15) is 13.8 Å². The summed E-state index contributed by atoms with van der Waals surface area (Å²) in [5, 5.41) is 8.50. The van der Waals surface area contributed by atoms with Crippen molar-refractivity contribution in [1.29, 1.82) is 0 Å². The fourth-order valence-electron chi connectivity index (χ4n) is 0. The third kappa shape index (κ3) is 2.18. The quantitative estimate of drug-likeness (QED) is 0.464. The molecule has 2 heteroatoms. The van der Waals surface area contributed by atoms with E-state index in [0.29, 0.717) is 0 Å². The highest BCUT2D eigenvalue weighted by Crippen LogP contribution is 1.81. The smallest absolute Gasteiger partial charge is 0.0660 e. The average molecular weight is 89.1 g/mol. The van der Waals surface area contributed by atoms with Crippen LogP contribution in [0.4, 0.5) is 0 Å². The topological polar surface area (TPSA) is 46.2 Å². The van der Waals surface area contributed by atoms with E-state index in [1.54, 1.807) is 13.8 Å². The number of hydrogen-bond acceptors (Lipinski definition) is 2. The van der Waals surface area contributed by atoms with Gasteiger partial charge in [-0.1, -0.05) is 0 Å². The first-order valence-electron chi connectivity index (χ1n) is 2.08. The molecule has 1 unspecified atom stereocenters. The van der Waals surface area contributed by atoms with Gasteiger partial charge >= 0.3 is 0 Å². The lowest BCUT2D eigenvalue weighted by Gasteiger charge is -2.04. The number of hydrogen-bond donors (Lipinski definition) is 2. The van der Waals surface area contributed by atoms with Crippen molar-refractivity contribution < 1.29 is 5.11 Å². The second kappa shape index (κ2) is 2.16. The molecule has 0 fully saturated rings. The molecule has 0 saturated heterocycles. The second-order valence-electron chi connectivity index (χ2n) is 1.60. The van der Waals surface area contributed by atoms with E-state index in [0.717, 1.165) is 0 Å². The Labute approximate surface area is 38.0 Å². The van der Waals surface area contributed by atoms with Crippen LogP contribution >= 0.6 is 0 Å². The lowest BCUT2D eigenvalue weighted by atomic mass is 10.2. The molecule has 3 N–H and O–H groups in total. The summed E-state index contributed by atoms with van der Waals surface area (Å²) in [5.74, 6) is 0. The molecule has 0 aliphatic rings. The summed E-state index contributed by atoms with van der Waals surface area (Å²) < 4.78 is 0. The minimum Gasteiger partial charge on any atom is -0.392 e. The summed E-state index contributed by atoms with van der Waals surface area (Å²) in [5.41, 5.74) is 5.19. The summed E-state index contributed by atoms with van der Waals surface area (Å²) >= 11 is 0. The van der Waals surface area contributed by atoms with Gasteiger partial charge in [-0.3, -0.25) is 0 Å². The molecule has 0 aromatic heterocycles. The van der Waals surface area contributed by atoms with Crippen molar-refractivity contribution in [2.75, 3.05) is 0 Å². The van der Waals surface area contributed by atoms with Gasteiger partial charge in [0.05, 0.1) is 6.10 Å². The third-order valence-electron chi connectivity index (χ3n) is 0.761. The van der Waals surface area contributed by atoms with Crippen molar-refractivity contribution in [2.45, 2.75) is 26.0 Å². The maximum atomic E-state index is 8.50. The molecule has 0 amide bonds. The van der Waals surface area contributed by atoms with Crippen molar-refractivity contribution in [3.8, 4) is 0 Å². The van der Waals surface area contributed by atoms with Crippen LogP contribution in [0.3, 0.4) is 0 Å². The number of rotatable bonds is 1. The minimum absolute atomic E-state index is 0.0926. The fraction of sp³-hybridized carbons (Fsp3) is 1.00. The van der Waals surface area contributed by atoms with Crippen LogP contribution in [0.25, 0.3) is 0 Å². The molecule has 2 atom stereocenters. The molecule has 38 valence electrons. The molecule has 0 rings (SSSR count). The zero-order valence-corrected chi connectivity index (χ0v) is 4.18. The zero-order chi connectivity index (χ0) is 5.15. The Morgan fingerprint density at radius 3 is 1.67 bits per heavy atom. The van der Waals surface area contributed by atoms with Crippen molar-refractivity contribution in [2.24, 2.45) is 5.73 Å². The van der Waals surface area contributed by atoms with E-state index in [9.17, 15) is 0 Å². The van der Waals surface area contributed by atoms with Crippen LogP contribution in [0.2, 0.25) is 0 Å². The predicted octanol–water partition coefficient (Wildman–Crippen LogP) is -0.286. The summed E-state index contributed by atoms with van der Waals surface area (Å²) in [4.78, 5) is 0. The maximum Gasteiger partial charge on any atom is 0.0660 e.